The second-order valence-electron chi connectivity index (χ2n) is 6.61. The number of hydrogen-bond donors (Lipinski definition) is 1. The molecule has 0 aromatic heterocycles. The van der Waals surface area contributed by atoms with E-state index in [1.807, 2.05) is 19.9 Å². The van der Waals surface area contributed by atoms with Crippen molar-refractivity contribution in [3.63, 3.8) is 0 Å². The zero-order chi connectivity index (χ0) is 19.6. The summed E-state index contributed by atoms with van der Waals surface area (Å²) in [4.78, 5) is 25.5. The van der Waals surface area contributed by atoms with E-state index in [1.165, 1.54) is 0 Å². The molecular weight excluding hydrogens is 366 g/mol. The molecule has 2 aliphatic rings. The van der Waals surface area contributed by atoms with Gasteiger partial charge in [0.15, 0.2) is 5.78 Å². The van der Waals surface area contributed by atoms with Crippen LogP contribution in [0.15, 0.2) is 40.7 Å². The van der Waals surface area contributed by atoms with Crippen LogP contribution in [0.25, 0.3) is 0 Å². The molecule has 0 saturated carbocycles. The van der Waals surface area contributed by atoms with E-state index < -0.39 is 11.9 Å². The van der Waals surface area contributed by atoms with Crippen molar-refractivity contribution in [1.29, 1.82) is 0 Å². The number of carbonyl (C=O) groups is 2. The number of dihydropyridines is 1. The summed E-state index contributed by atoms with van der Waals surface area (Å²) in [6, 6.07) is 5.43. The van der Waals surface area contributed by atoms with Gasteiger partial charge in [0.25, 0.3) is 0 Å². The molecule has 144 valence electrons. The lowest BCUT2D eigenvalue weighted by Gasteiger charge is -2.34. The maximum absolute atomic E-state index is 12.8. The molecule has 6 heteroatoms. The minimum absolute atomic E-state index is 0.0630. The van der Waals surface area contributed by atoms with Crippen LogP contribution < -0.4 is 10.1 Å². The van der Waals surface area contributed by atoms with E-state index >= 15 is 0 Å². The molecule has 1 N–H and O–H groups in total. The van der Waals surface area contributed by atoms with Crippen molar-refractivity contribution in [2.75, 3.05) is 13.2 Å². The molecular formula is C21H24ClNO4. The van der Waals surface area contributed by atoms with Crippen LogP contribution in [-0.2, 0) is 14.3 Å². The summed E-state index contributed by atoms with van der Waals surface area (Å²) in [7, 11) is 0. The molecule has 27 heavy (non-hydrogen) atoms. The number of hydrogen-bond acceptors (Lipinski definition) is 5. The van der Waals surface area contributed by atoms with E-state index in [2.05, 4.69) is 5.32 Å². The highest BCUT2D eigenvalue weighted by Gasteiger charge is 2.39. The number of ketones is 1. The number of allylic oxidation sites excluding steroid dienone is 3. The number of rotatable bonds is 5. The first-order valence-electron chi connectivity index (χ1n) is 9.31. The Balaban J connectivity index is 2.14. The molecule has 1 heterocycles. The zero-order valence-corrected chi connectivity index (χ0v) is 16.6. The average molecular weight is 390 g/mol. The van der Waals surface area contributed by atoms with Crippen molar-refractivity contribution in [1.82, 2.24) is 5.32 Å². The van der Waals surface area contributed by atoms with E-state index in [-0.39, 0.29) is 12.4 Å². The Morgan fingerprint density at radius 3 is 2.70 bits per heavy atom. The van der Waals surface area contributed by atoms with E-state index in [0.717, 1.165) is 29.8 Å². The third kappa shape index (κ3) is 3.74. The Morgan fingerprint density at radius 1 is 1.26 bits per heavy atom. The van der Waals surface area contributed by atoms with Crippen LogP contribution in [0.4, 0.5) is 0 Å². The van der Waals surface area contributed by atoms with Gasteiger partial charge in [-0.25, -0.2) is 4.79 Å². The topological polar surface area (TPSA) is 64.6 Å². The predicted molar refractivity (Wildman–Crippen MR) is 104 cm³/mol. The lowest BCUT2D eigenvalue weighted by atomic mass is 9.75. The van der Waals surface area contributed by atoms with Gasteiger partial charge in [0.1, 0.15) is 5.75 Å². The molecule has 3 rings (SSSR count). The van der Waals surface area contributed by atoms with Crippen molar-refractivity contribution in [3.05, 3.63) is 51.3 Å². The first kappa shape index (κ1) is 19.5. The summed E-state index contributed by atoms with van der Waals surface area (Å²) in [5.74, 6) is -0.254. The fourth-order valence-corrected chi connectivity index (χ4v) is 4.01. The molecule has 0 bridgehead atoms. The normalized spacial score (nSPS) is 19.6. The third-order valence-electron chi connectivity index (χ3n) is 4.86. The maximum atomic E-state index is 12.8. The van der Waals surface area contributed by atoms with Gasteiger partial charge in [0.2, 0.25) is 0 Å². The summed E-state index contributed by atoms with van der Waals surface area (Å²) >= 11 is 6.39. The van der Waals surface area contributed by atoms with Crippen LogP contribution in [0.1, 0.15) is 51.5 Å². The molecule has 0 fully saturated rings. The summed E-state index contributed by atoms with van der Waals surface area (Å²) < 4.78 is 10.8. The molecule has 0 unspecified atom stereocenters. The molecule has 1 aromatic rings. The SMILES string of the molecule is CCOC(=O)C1=C(C)NC2=C(C(=O)CCC2)[C@@H]1c1ccc(OCC)c(Cl)c1. The highest BCUT2D eigenvalue weighted by atomic mass is 35.5. The van der Waals surface area contributed by atoms with Gasteiger partial charge < -0.3 is 14.8 Å². The second-order valence-corrected chi connectivity index (χ2v) is 7.02. The Morgan fingerprint density at radius 2 is 2.04 bits per heavy atom. The largest absolute Gasteiger partial charge is 0.492 e. The lowest BCUT2D eigenvalue weighted by Crippen LogP contribution is -2.34. The lowest BCUT2D eigenvalue weighted by molar-refractivity contribution is -0.138. The van der Waals surface area contributed by atoms with Gasteiger partial charge >= 0.3 is 5.97 Å². The molecule has 1 aliphatic heterocycles. The molecule has 1 aromatic carbocycles. The third-order valence-corrected chi connectivity index (χ3v) is 5.16. The van der Waals surface area contributed by atoms with E-state index in [9.17, 15) is 9.59 Å². The Hall–Kier alpha value is -2.27. The van der Waals surface area contributed by atoms with Crippen molar-refractivity contribution < 1.29 is 19.1 Å². The van der Waals surface area contributed by atoms with E-state index in [0.29, 0.717) is 34.9 Å². The van der Waals surface area contributed by atoms with Crippen molar-refractivity contribution >= 4 is 23.4 Å². The van der Waals surface area contributed by atoms with Crippen LogP contribution in [-0.4, -0.2) is 25.0 Å². The monoisotopic (exact) mass is 389 g/mol. The predicted octanol–water partition coefficient (Wildman–Crippen LogP) is 4.27. The second kappa shape index (κ2) is 8.17. The van der Waals surface area contributed by atoms with Crippen molar-refractivity contribution in [2.24, 2.45) is 0 Å². The van der Waals surface area contributed by atoms with Gasteiger partial charge in [-0.05, 0) is 51.3 Å². The smallest absolute Gasteiger partial charge is 0.336 e. The van der Waals surface area contributed by atoms with Gasteiger partial charge in [0.05, 0.1) is 23.8 Å². The van der Waals surface area contributed by atoms with E-state index in [4.69, 9.17) is 21.1 Å². The average Bonchev–Trinajstić information content (AvgIpc) is 2.62. The number of halogens is 1. The van der Waals surface area contributed by atoms with Gasteiger partial charge in [0, 0.05) is 29.3 Å². The first-order chi connectivity index (χ1) is 13.0. The summed E-state index contributed by atoms with van der Waals surface area (Å²) in [5.41, 5.74) is 3.51. The minimum atomic E-state index is -0.485. The van der Waals surface area contributed by atoms with Crippen LogP contribution in [0.2, 0.25) is 5.02 Å². The summed E-state index contributed by atoms with van der Waals surface area (Å²) in [6.45, 7) is 6.28. The van der Waals surface area contributed by atoms with Crippen molar-refractivity contribution in [3.8, 4) is 5.75 Å². The van der Waals surface area contributed by atoms with Crippen LogP contribution in [0.3, 0.4) is 0 Å². The van der Waals surface area contributed by atoms with E-state index in [1.54, 1.807) is 19.1 Å². The van der Waals surface area contributed by atoms with Gasteiger partial charge in [-0.3, -0.25) is 4.79 Å². The molecule has 0 radical (unpaired) electrons. The molecule has 0 saturated heterocycles. The quantitative estimate of drug-likeness (QED) is 0.762. The standard InChI is InChI=1S/C21H24ClNO4/c1-4-26-17-10-9-13(11-14(17)22)19-18(21(25)27-5-2)12(3)23-15-7-6-8-16(24)20(15)19/h9-11,19,23H,4-8H2,1-3H3/t19-/m1/s1. The Bertz CT molecular complexity index is 841. The number of nitrogens with one attached hydrogen (secondary N) is 1. The zero-order valence-electron chi connectivity index (χ0n) is 15.9. The Labute approximate surface area is 164 Å². The molecule has 0 amide bonds. The number of benzene rings is 1. The number of carbonyl (C=O) groups excluding carboxylic acids is 2. The van der Waals surface area contributed by atoms with Gasteiger partial charge in [-0.2, -0.15) is 0 Å². The summed E-state index contributed by atoms with van der Waals surface area (Å²) in [5, 5.41) is 3.72. The molecule has 1 atom stereocenters. The highest BCUT2D eigenvalue weighted by molar-refractivity contribution is 6.32. The van der Waals surface area contributed by atoms with Gasteiger partial charge in [-0.1, -0.05) is 17.7 Å². The highest BCUT2D eigenvalue weighted by Crippen LogP contribution is 2.43. The Kier molecular flexibility index (Phi) is 5.90. The van der Waals surface area contributed by atoms with Crippen LogP contribution >= 0.6 is 11.6 Å². The molecule has 1 aliphatic carbocycles. The number of Topliss-reactive ketones (excluding diaryl/α,β-unsaturated/α-hetero) is 1. The number of esters is 1. The number of ether oxygens (including phenoxy) is 2. The van der Waals surface area contributed by atoms with Crippen LogP contribution in [0, 0.1) is 0 Å². The van der Waals surface area contributed by atoms with Crippen LogP contribution in [0.5, 0.6) is 5.75 Å². The fraction of sp³-hybridized carbons (Fsp3) is 0.429. The fourth-order valence-electron chi connectivity index (χ4n) is 3.77. The molecule has 0 spiro atoms. The summed E-state index contributed by atoms with van der Waals surface area (Å²) in [6.07, 6.45) is 2.08. The minimum Gasteiger partial charge on any atom is -0.492 e. The first-order valence-corrected chi connectivity index (χ1v) is 9.69. The van der Waals surface area contributed by atoms with Crippen molar-refractivity contribution in [2.45, 2.75) is 46.0 Å². The van der Waals surface area contributed by atoms with Gasteiger partial charge in [-0.15, -0.1) is 0 Å². The molecule has 5 nitrogen and oxygen atoms in total. The maximum Gasteiger partial charge on any atom is 0.336 e.